The van der Waals surface area contributed by atoms with E-state index in [-0.39, 0.29) is 12.2 Å². The van der Waals surface area contributed by atoms with Crippen LogP contribution in [0.15, 0.2) is 47.6 Å². The molecule has 0 aliphatic carbocycles. The molecule has 114 valence electrons. The number of oxime groups is 1. The van der Waals surface area contributed by atoms with Crippen LogP contribution in [0.3, 0.4) is 0 Å². The molecule has 0 unspecified atom stereocenters. The Morgan fingerprint density at radius 1 is 1.14 bits per heavy atom. The van der Waals surface area contributed by atoms with Gasteiger partial charge in [-0.15, -0.1) is 0 Å². The zero-order valence-corrected chi connectivity index (χ0v) is 13.2. The Balaban J connectivity index is 2.03. The lowest BCUT2D eigenvalue weighted by Gasteiger charge is -2.05. The molecular weight excluding hydrogens is 325 g/mol. The smallest absolute Gasteiger partial charge is 0.335 e. The zero-order chi connectivity index (χ0) is 16.1. The Labute approximate surface area is 137 Å². The van der Waals surface area contributed by atoms with E-state index in [2.05, 4.69) is 5.16 Å². The Morgan fingerprint density at radius 2 is 1.91 bits per heavy atom. The van der Waals surface area contributed by atoms with Gasteiger partial charge < -0.3 is 9.94 Å². The molecule has 22 heavy (non-hydrogen) atoms. The molecule has 0 bridgehead atoms. The topological polar surface area (TPSA) is 58.9 Å². The maximum atomic E-state index is 10.9. The molecule has 0 amide bonds. The van der Waals surface area contributed by atoms with Gasteiger partial charge in [-0.25, -0.2) is 4.79 Å². The van der Waals surface area contributed by atoms with Crippen molar-refractivity contribution in [2.75, 3.05) is 0 Å². The quantitative estimate of drug-likeness (QED) is 0.639. The van der Waals surface area contributed by atoms with Crippen LogP contribution in [0.5, 0.6) is 0 Å². The summed E-state index contributed by atoms with van der Waals surface area (Å²) in [4.78, 5) is 16.1. The number of nitrogens with zero attached hydrogens (tertiary/aromatic N) is 1. The fourth-order valence-corrected chi connectivity index (χ4v) is 2.07. The van der Waals surface area contributed by atoms with Crippen LogP contribution in [0.4, 0.5) is 0 Å². The van der Waals surface area contributed by atoms with E-state index >= 15 is 0 Å². The Kier molecular flexibility index (Phi) is 5.41. The number of hydrogen-bond donors (Lipinski definition) is 1. The lowest BCUT2D eigenvalue weighted by molar-refractivity contribution is 0.0696. The van der Waals surface area contributed by atoms with Gasteiger partial charge in [-0.05, 0) is 36.8 Å². The van der Waals surface area contributed by atoms with Gasteiger partial charge in [0.05, 0.1) is 21.3 Å². The summed E-state index contributed by atoms with van der Waals surface area (Å²) in [6.07, 6.45) is 0. The number of rotatable bonds is 5. The van der Waals surface area contributed by atoms with Crippen LogP contribution in [-0.4, -0.2) is 16.8 Å². The molecule has 4 nitrogen and oxygen atoms in total. The van der Waals surface area contributed by atoms with E-state index in [0.717, 1.165) is 11.1 Å². The second-order valence-electron chi connectivity index (χ2n) is 4.58. The Hall–Kier alpha value is -2.04. The first kappa shape index (κ1) is 16.3. The van der Waals surface area contributed by atoms with Gasteiger partial charge in [-0.3, -0.25) is 0 Å². The summed E-state index contributed by atoms with van der Waals surface area (Å²) < 4.78 is 0. The summed E-state index contributed by atoms with van der Waals surface area (Å²) in [6.45, 7) is 1.97. The minimum Gasteiger partial charge on any atom is -0.478 e. The molecule has 0 aliphatic heterocycles. The average molecular weight is 338 g/mol. The molecule has 2 rings (SSSR count). The van der Waals surface area contributed by atoms with Crippen LogP contribution in [0.1, 0.15) is 28.4 Å². The normalized spacial score (nSPS) is 11.3. The van der Waals surface area contributed by atoms with Crippen LogP contribution < -0.4 is 0 Å². The highest BCUT2D eigenvalue weighted by Crippen LogP contribution is 2.23. The van der Waals surface area contributed by atoms with Crippen molar-refractivity contribution in [2.45, 2.75) is 13.5 Å². The highest BCUT2D eigenvalue weighted by atomic mass is 35.5. The zero-order valence-electron chi connectivity index (χ0n) is 11.7. The second kappa shape index (κ2) is 7.29. The largest absolute Gasteiger partial charge is 0.478 e. The van der Waals surface area contributed by atoms with Crippen molar-refractivity contribution < 1.29 is 14.7 Å². The van der Waals surface area contributed by atoms with E-state index in [1.165, 1.54) is 6.07 Å². The number of carbonyl (C=O) groups is 1. The molecule has 0 fully saturated rings. The van der Waals surface area contributed by atoms with Gasteiger partial charge in [-0.1, -0.05) is 46.6 Å². The number of benzene rings is 2. The lowest BCUT2D eigenvalue weighted by Crippen LogP contribution is -1.99. The van der Waals surface area contributed by atoms with Gasteiger partial charge in [0.1, 0.15) is 6.61 Å². The van der Waals surface area contributed by atoms with E-state index in [1.807, 2.05) is 0 Å². The standard InChI is InChI=1S/C16H13Cl2NO3/c1-10(12-5-6-14(17)15(18)8-12)19-22-9-11-3-2-4-13(7-11)16(20)21/h2-8H,9H2,1H3,(H,20,21)/b19-10+. The van der Waals surface area contributed by atoms with Gasteiger partial charge in [0.15, 0.2) is 0 Å². The molecule has 0 heterocycles. The summed E-state index contributed by atoms with van der Waals surface area (Å²) in [6, 6.07) is 11.7. The van der Waals surface area contributed by atoms with E-state index in [4.69, 9.17) is 33.1 Å². The van der Waals surface area contributed by atoms with Gasteiger partial charge in [0, 0.05) is 5.56 Å². The van der Waals surface area contributed by atoms with Crippen LogP contribution in [-0.2, 0) is 11.4 Å². The third kappa shape index (κ3) is 4.23. The molecule has 0 aliphatic rings. The van der Waals surface area contributed by atoms with Crippen molar-refractivity contribution in [2.24, 2.45) is 5.16 Å². The number of halogens is 2. The highest BCUT2D eigenvalue weighted by molar-refractivity contribution is 6.42. The van der Waals surface area contributed by atoms with Crippen molar-refractivity contribution in [3.05, 3.63) is 69.2 Å². The SMILES string of the molecule is C/C(=N\OCc1cccc(C(=O)O)c1)c1ccc(Cl)c(Cl)c1. The predicted molar refractivity (Wildman–Crippen MR) is 86.9 cm³/mol. The van der Waals surface area contributed by atoms with Crippen LogP contribution in [0, 0.1) is 0 Å². The molecular formula is C16H13Cl2NO3. The van der Waals surface area contributed by atoms with Gasteiger partial charge in [0.2, 0.25) is 0 Å². The molecule has 2 aromatic carbocycles. The number of carboxylic acids is 1. The summed E-state index contributed by atoms with van der Waals surface area (Å²) in [5.74, 6) is -0.975. The number of aromatic carboxylic acids is 1. The van der Waals surface area contributed by atoms with Crippen LogP contribution in [0.2, 0.25) is 10.0 Å². The number of hydrogen-bond acceptors (Lipinski definition) is 3. The minimum atomic E-state index is -0.975. The average Bonchev–Trinajstić information content (AvgIpc) is 2.50. The fourth-order valence-electron chi connectivity index (χ4n) is 1.77. The van der Waals surface area contributed by atoms with E-state index < -0.39 is 5.97 Å². The van der Waals surface area contributed by atoms with Crippen molar-refractivity contribution in [3.8, 4) is 0 Å². The summed E-state index contributed by atoms with van der Waals surface area (Å²) in [5, 5.41) is 13.9. The molecule has 0 aromatic heterocycles. The highest BCUT2D eigenvalue weighted by Gasteiger charge is 2.05. The Bertz CT molecular complexity index is 729. The fraction of sp³-hybridized carbons (Fsp3) is 0.125. The first-order valence-corrected chi connectivity index (χ1v) is 7.17. The molecule has 0 saturated carbocycles. The molecule has 0 atom stereocenters. The second-order valence-corrected chi connectivity index (χ2v) is 5.40. The van der Waals surface area contributed by atoms with E-state index in [1.54, 1.807) is 43.3 Å². The molecule has 0 radical (unpaired) electrons. The Morgan fingerprint density at radius 3 is 2.59 bits per heavy atom. The monoisotopic (exact) mass is 337 g/mol. The lowest BCUT2D eigenvalue weighted by atomic mass is 10.1. The molecule has 6 heteroatoms. The predicted octanol–water partition coefficient (Wildman–Crippen LogP) is 4.63. The molecule has 1 N–H and O–H groups in total. The van der Waals surface area contributed by atoms with Gasteiger partial charge in [-0.2, -0.15) is 0 Å². The summed E-state index contributed by atoms with van der Waals surface area (Å²) in [5.41, 5.74) is 2.39. The van der Waals surface area contributed by atoms with E-state index in [0.29, 0.717) is 15.8 Å². The van der Waals surface area contributed by atoms with Gasteiger partial charge >= 0.3 is 5.97 Å². The molecule has 0 saturated heterocycles. The molecule has 0 spiro atoms. The third-order valence-electron chi connectivity index (χ3n) is 2.94. The minimum absolute atomic E-state index is 0.180. The third-order valence-corrected chi connectivity index (χ3v) is 3.68. The van der Waals surface area contributed by atoms with Crippen LogP contribution >= 0.6 is 23.2 Å². The number of carboxylic acid groups (broad SMARTS) is 1. The van der Waals surface area contributed by atoms with Crippen molar-refractivity contribution in [1.82, 2.24) is 0 Å². The molecule has 2 aromatic rings. The summed E-state index contributed by atoms with van der Waals surface area (Å²) in [7, 11) is 0. The summed E-state index contributed by atoms with van der Waals surface area (Å²) >= 11 is 11.8. The van der Waals surface area contributed by atoms with Crippen molar-refractivity contribution in [1.29, 1.82) is 0 Å². The maximum absolute atomic E-state index is 10.9. The van der Waals surface area contributed by atoms with Crippen molar-refractivity contribution in [3.63, 3.8) is 0 Å². The first-order chi connectivity index (χ1) is 10.5. The van der Waals surface area contributed by atoms with E-state index in [9.17, 15) is 4.79 Å². The van der Waals surface area contributed by atoms with Crippen LogP contribution in [0.25, 0.3) is 0 Å². The van der Waals surface area contributed by atoms with Gasteiger partial charge in [0.25, 0.3) is 0 Å². The maximum Gasteiger partial charge on any atom is 0.335 e. The first-order valence-electron chi connectivity index (χ1n) is 6.41. The van der Waals surface area contributed by atoms with Crippen molar-refractivity contribution >= 4 is 34.9 Å².